The molecule has 3 heteroatoms. The predicted molar refractivity (Wildman–Crippen MR) is 253 cm³/mol. The van der Waals surface area contributed by atoms with E-state index in [0.717, 1.165) is 55.8 Å². The van der Waals surface area contributed by atoms with Crippen molar-refractivity contribution in [1.29, 1.82) is 0 Å². The van der Waals surface area contributed by atoms with Crippen LogP contribution in [0.2, 0.25) is 0 Å². The topological polar surface area (TPSA) is 21.3 Å². The molecule has 0 radical (unpaired) electrons. The summed E-state index contributed by atoms with van der Waals surface area (Å²) in [4.78, 5) is 2.45. The van der Waals surface area contributed by atoms with E-state index in [4.69, 9.17) is 4.42 Å². The molecule has 11 aromatic rings. The Morgan fingerprint density at radius 3 is 1.65 bits per heavy atom. The van der Waals surface area contributed by atoms with Crippen LogP contribution in [-0.2, 0) is 0 Å². The second-order valence-electron chi connectivity index (χ2n) is 15.9. The standard InChI is InChI=1S/C57H42N2O/c1-37-32-42(40-18-6-4-7-19-40)30-31-51(37)58(43-33-38(2)56(39(3)34-43)41-20-8-5-9-21-41)44-35-49(57-50(36-44)48-25-13-17-29-55(48)60-57)47-24-12-16-28-54(47)59-52-26-14-10-22-45(52)46-23-11-15-27-53(46)59/h4-36H,1-3H3. The molecule has 0 N–H and O–H groups in total. The van der Waals surface area contributed by atoms with Gasteiger partial charge in [-0.1, -0.05) is 140 Å². The summed E-state index contributed by atoms with van der Waals surface area (Å²) in [6.45, 7) is 6.71. The van der Waals surface area contributed by atoms with Crippen LogP contribution in [0.1, 0.15) is 16.7 Å². The molecule has 3 nitrogen and oxygen atoms in total. The van der Waals surface area contributed by atoms with Gasteiger partial charge in [-0.25, -0.2) is 0 Å². The molecule has 2 heterocycles. The van der Waals surface area contributed by atoms with Gasteiger partial charge >= 0.3 is 0 Å². The van der Waals surface area contributed by atoms with Gasteiger partial charge in [0.2, 0.25) is 0 Å². The summed E-state index contributed by atoms with van der Waals surface area (Å²) < 4.78 is 9.31. The van der Waals surface area contributed by atoms with Gasteiger partial charge in [-0.2, -0.15) is 0 Å². The van der Waals surface area contributed by atoms with Crippen LogP contribution in [0.25, 0.3) is 82.8 Å². The second kappa shape index (κ2) is 14.3. The Balaban J connectivity index is 1.20. The molecule has 0 aliphatic rings. The molecule has 0 fully saturated rings. The number of nitrogens with zero attached hydrogens (tertiary/aromatic N) is 2. The first kappa shape index (κ1) is 35.5. The van der Waals surface area contributed by atoms with Crippen molar-refractivity contribution in [1.82, 2.24) is 4.57 Å². The highest BCUT2D eigenvalue weighted by molar-refractivity contribution is 6.14. The van der Waals surface area contributed by atoms with Crippen molar-refractivity contribution in [2.75, 3.05) is 4.90 Å². The molecule has 0 aliphatic carbocycles. The number of anilines is 3. The summed E-state index contributed by atoms with van der Waals surface area (Å²) >= 11 is 0. The molecule has 0 unspecified atom stereocenters. The Kier molecular flexibility index (Phi) is 8.49. The number of aromatic nitrogens is 1. The number of fused-ring (bicyclic) bond motifs is 6. The number of furan rings is 1. The largest absolute Gasteiger partial charge is 0.455 e. The van der Waals surface area contributed by atoms with E-state index in [2.05, 4.69) is 230 Å². The fraction of sp³-hybridized carbons (Fsp3) is 0.0526. The van der Waals surface area contributed by atoms with Gasteiger partial charge in [-0.3, -0.25) is 0 Å². The summed E-state index contributed by atoms with van der Waals surface area (Å²) in [6, 6.07) is 72.3. The lowest BCUT2D eigenvalue weighted by Gasteiger charge is -2.29. The fourth-order valence-electron chi connectivity index (χ4n) is 9.49. The fourth-order valence-corrected chi connectivity index (χ4v) is 9.49. The number of hydrogen-bond donors (Lipinski definition) is 0. The number of benzene rings is 9. The molecule has 286 valence electrons. The number of aryl methyl sites for hydroxylation is 3. The van der Waals surface area contributed by atoms with Gasteiger partial charge in [0.1, 0.15) is 11.2 Å². The highest BCUT2D eigenvalue weighted by Crippen LogP contribution is 2.47. The van der Waals surface area contributed by atoms with Gasteiger partial charge in [0, 0.05) is 49.7 Å². The summed E-state index contributed by atoms with van der Waals surface area (Å²) in [5.74, 6) is 0. The minimum Gasteiger partial charge on any atom is -0.455 e. The lowest BCUT2D eigenvalue weighted by Crippen LogP contribution is -2.12. The van der Waals surface area contributed by atoms with E-state index in [9.17, 15) is 0 Å². The van der Waals surface area contributed by atoms with Crippen LogP contribution in [0.4, 0.5) is 17.1 Å². The second-order valence-corrected chi connectivity index (χ2v) is 15.9. The van der Waals surface area contributed by atoms with Crippen LogP contribution >= 0.6 is 0 Å². The molecule has 0 bridgehead atoms. The number of para-hydroxylation sites is 4. The van der Waals surface area contributed by atoms with Crippen molar-refractivity contribution in [3.63, 3.8) is 0 Å². The average molecular weight is 771 g/mol. The van der Waals surface area contributed by atoms with E-state index in [1.54, 1.807) is 0 Å². The van der Waals surface area contributed by atoms with E-state index in [0.29, 0.717) is 0 Å². The van der Waals surface area contributed by atoms with Crippen molar-refractivity contribution in [3.05, 3.63) is 217 Å². The first-order valence-corrected chi connectivity index (χ1v) is 20.7. The molecule has 60 heavy (non-hydrogen) atoms. The van der Waals surface area contributed by atoms with Crippen molar-refractivity contribution >= 4 is 60.8 Å². The minimum absolute atomic E-state index is 0.870. The van der Waals surface area contributed by atoms with Crippen LogP contribution < -0.4 is 4.90 Å². The highest BCUT2D eigenvalue weighted by Gasteiger charge is 2.24. The molecule has 0 atom stereocenters. The van der Waals surface area contributed by atoms with Crippen LogP contribution in [0.3, 0.4) is 0 Å². The van der Waals surface area contributed by atoms with Crippen LogP contribution in [0, 0.1) is 20.8 Å². The van der Waals surface area contributed by atoms with Gasteiger partial charge < -0.3 is 13.9 Å². The van der Waals surface area contributed by atoms with E-state index in [-0.39, 0.29) is 0 Å². The molecule has 0 spiro atoms. The molecule has 0 saturated carbocycles. The maximum atomic E-state index is 6.90. The third-order valence-electron chi connectivity index (χ3n) is 12.1. The first-order valence-electron chi connectivity index (χ1n) is 20.7. The lowest BCUT2D eigenvalue weighted by molar-refractivity contribution is 0.670. The van der Waals surface area contributed by atoms with E-state index in [1.807, 2.05) is 0 Å². The summed E-state index contributed by atoms with van der Waals surface area (Å²) in [5, 5.41) is 4.63. The zero-order chi connectivity index (χ0) is 40.3. The third-order valence-corrected chi connectivity index (χ3v) is 12.1. The van der Waals surface area contributed by atoms with Gasteiger partial charge in [0.15, 0.2) is 0 Å². The highest BCUT2D eigenvalue weighted by atomic mass is 16.3. The summed E-state index contributed by atoms with van der Waals surface area (Å²) in [6.07, 6.45) is 0. The minimum atomic E-state index is 0.870. The maximum absolute atomic E-state index is 6.90. The third kappa shape index (κ3) is 5.81. The molecule has 0 amide bonds. The Bertz CT molecular complexity index is 3330. The Morgan fingerprint density at radius 2 is 0.967 bits per heavy atom. The smallest absolute Gasteiger partial charge is 0.143 e. The molecular formula is C57H42N2O. The van der Waals surface area contributed by atoms with Crippen molar-refractivity contribution in [2.24, 2.45) is 0 Å². The molecule has 2 aromatic heterocycles. The molecule has 0 aliphatic heterocycles. The first-order chi connectivity index (χ1) is 29.5. The molecule has 9 aromatic carbocycles. The SMILES string of the molecule is Cc1cc(-c2ccccc2)ccc1N(c1cc(C)c(-c2ccccc2)c(C)c1)c1cc(-c2ccccc2-n2c3ccccc3c3ccccc32)c2oc3ccccc3c2c1. The summed E-state index contributed by atoms with van der Waals surface area (Å²) in [7, 11) is 0. The van der Waals surface area contributed by atoms with Gasteiger partial charge in [-0.15, -0.1) is 0 Å². The Hall–Kier alpha value is -7.62. The van der Waals surface area contributed by atoms with Gasteiger partial charge in [0.25, 0.3) is 0 Å². The quantitative estimate of drug-likeness (QED) is 0.161. The normalized spacial score (nSPS) is 11.6. The number of hydrogen-bond acceptors (Lipinski definition) is 2. The monoisotopic (exact) mass is 770 g/mol. The zero-order valence-electron chi connectivity index (χ0n) is 33.9. The van der Waals surface area contributed by atoms with E-state index < -0.39 is 0 Å². The van der Waals surface area contributed by atoms with Crippen molar-refractivity contribution in [2.45, 2.75) is 20.8 Å². The summed E-state index contributed by atoms with van der Waals surface area (Å²) in [5.41, 5.74) is 19.1. The molecule has 0 saturated heterocycles. The molecule has 11 rings (SSSR count). The average Bonchev–Trinajstić information content (AvgIpc) is 3.83. The lowest BCUT2D eigenvalue weighted by atomic mass is 9.94. The maximum Gasteiger partial charge on any atom is 0.143 e. The van der Waals surface area contributed by atoms with Crippen LogP contribution in [-0.4, -0.2) is 4.57 Å². The number of rotatable bonds is 7. The Labute approximate surface area is 350 Å². The van der Waals surface area contributed by atoms with E-state index in [1.165, 1.54) is 60.8 Å². The van der Waals surface area contributed by atoms with Crippen LogP contribution in [0.15, 0.2) is 205 Å². The zero-order valence-corrected chi connectivity index (χ0v) is 33.9. The van der Waals surface area contributed by atoms with Crippen molar-refractivity contribution < 1.29 is 4.42 Å². The van der Waals surface area contributed by atoms with Crippen LogP contribution in [0.5, 0.6) is 0 Å². The van der Waals surface area contributed by atoms with E-state index >= 15 is 0 Å². The van der Waals surface area contributed by atoms with Gasteiger partial charge in [-0.05, 0) is 120 Å². The molecular weight excluding hydrogens is 729 g/mol. The Morgan fingerprint density at radius 1 is 0.400 bits per heavy atom. The van der Waals surface area contributed by atoms with Gasteiger partial charge in [0.05, 0.1) is 16.7 Å². The predicted octanol–water partition coefficient (Wildman–Crippen LogP) is 16.1. The van der Waals surface area contributed by atoms with Crippen molar-refractivity contribution in [3.8, 4) is 39.1 Å².